The summed E-state index contributed by atoms with van der Waals surface area (Å²) in [5.74, 6) is 0. The third-order valence-corrected chi connectivity index (χ3v) is 2.92. The number of hydrogen-bond donors (Lipinski definition) is 2. The molecule has 5 heteroatoms. The van der Waals surface area contributed by atoms with E-state index in [9.17, 15) is 9.18 Å². The zero-order valence-corrected chi connectivity index (χ0v) is 11.6. The number of alkyl carbamates (subject to hydrolysis) is 1. The number of carbonyl (C=O) groups excluding carboxylic acids is 1. The summed E-state index contributed by atoms with van der Waals surface area (Å²) in [6, 6.07) is 0.431. The van der Waals surface area contributed by atoms with E-state index in [1.807, 2.05) is 20.8 Å². The second-order valence-electron chi connectivity index (χ2n) is 5.85. The fourth-order valence-corrected chi connectivity index (χ4v) is 2.24. The Morgan fingerprint density at radius 3 is 2.61 bits per heavy atom. The van der Waals surface area contributed by atoms with Gasteiger partial charge in [-0.25, -0.2) is 9.18 Å². The molecule has 0 spiro atoms. The van der Waals surface area contributed by atoms with Crippen LogP contribution < -0.4 is 10.6 Å². The lowest BCUT2D eigenvalue weighted by Gasteiger charge is -2.31. The van der Waals surface area contributed by atoms with Crippen molar-refractivity contribution in [1.29, 1.82) is 0 Å². The molecule has 1 amide bonds. The molecule has 0 saturated heterocycles. The average molecular weight is 260 g/mol. The molecule has 106 valence electrons. The third-order valence-electron chi connectivity index (χ3n) is 2.92. The quantitative estimate of drug-likeness (QED) is 0.816. The summed E-state index contributed by atoms with van der Waals surface area (Å²) in [7, 11) is 0. The molecule has 0 aromatic heterocycles. The maximum absolute atomic E-state index is 12.1. The fourth-order valence-electron chi connectivity index (χ4n) is 2.24. The summed E-state index contributed by atoms with van der Waals surface area (Å²) in [6.45, 7) is 5.58. The van der Waals surface area contributed by atoms with Gasteiger partial charge >= 0.3 is 6.09 Å². The first kappa shape index (κ1) is 15.2. The van der Waals surface area contributed by atoms with Crippen molar-refractivity contribution in [2.45, 2.75) is 64.1 Å². The fraction of sp³-hybridized carbons (Fsp3) is 0.923. The van der Waals surface area contributed by atoms with E-state index in [1.54, 1.807) is 0 Å². The second kappa shape index (κ2) is 6.92. The monoisotopic (exact) mass is 260 g/mol. The van der Waals surface area contributed by atoms with Gasteiger partial charge in [0.15, 0.2) is 0 Å². The van der Waals surface area contributed by atoms with Gasteiger partial charge in [0.25, 0.3) is 0 Å². The van der Waals surface area contributed by atoms with E-state index in [4.69, 9.17) is 4.74 Å². The molecule has 2 N–H and O–H groups in total. The van der Waals surface area contributed by atoms with Crippen LogP contribution in [-0.2, 0) is 4.74 Å². The molecule has 1 aliphatic rings. The van der Waals surface area contributed by atoms with E-state index in [0.717, 1.165) is 25.7 Å². The third kappa shape index (κ3) is 6.19. The molecule has 0 aliphatic heterocycles. The minimum absolute atomic E-state index is 0.130. The SMILES string of the molecule is CC(C)(C)OC(=O)NC1CCCC(NCCF)C1. The van der Waals surface area contributed by atoms with E-state index in [0.29, 0.717) is 12.6 Å². The first-order chi connectivity index (χ1) is 8.40. The Bertz CT molecular complexity index is 266. The van der Waals surface area contributed by atoms with Gasteiger partial charge in [-0.3, -0.25) is 0 Å². The van der Waals surface area contributed by atoms with E-state index < -0.39 is 5.60 Å². The second-order valence-corrected chi connectivity index (χ2v) is 5.85. The van der Waals surface area contributed by atoms with Crippen molar-refractivity contribution in [3.63, 3.8) is 0 Å². The lowest BCUT2D eigenvalue weighted by atomic mass is 9.91. The molecule has 18 heavy (non-hydrogen) atoms. The van der Waals surface area contributed by atoms with Gasteiger partial charge in [0.2, 0.25) is 0 Å². The van der Waals surface area contributed by atoms with Crippen LogP contribution in [0.1, 0.15) is 46.5 Å². The number of ether oxygens (including phenoxy) is 1. The zero-order chi connectivity index (χ0) is 13.6. The minimum atomic E-state index is -0.468. The zero-order valence-electron chi connectivity index (χ0n) is 11.6. The van der Waals surface area contributed by atoms with Gasteiger partial charge in [0, 0.05) is 18.6 Å². The standard InChI is InChI=1S/C13H25FN2O2/c1-13(2,3)18-12(17)16-11-6-4-5-10(9-11)15-8-7-14/h10-11,15H,4-9H2,1-3H3,(H,16,17). The molecule has 0 aromatic carbocycles. The van der Waals surface area contributed by atoms with Crippen molar-refractivity contribution < 1.29 is 13.9 Å². The van der Waals surface area contributed by atoms with Crippen LogP contribution in [-0.4, -0.2) is 37.0 Å². The molecule has 4 nitrogen and oxygen atoms in total. The van der Waals surface area contributed by atoms with Crippen molar-refractivity contribution in [2.75, 3.05) is 13.2 Å². The molecule has 1 saturated carbocycles. The van der Waals surface area contributed by atoms with Crippen LogP contribution in [0.3, 0.4) is 0 Å². The predicted octanol–water partition coefficient (Wildman–Crippen LogP) is 2.38. The summed E-state index contributed by atoms with van der Waals surface area (Å²) in [6.07, 6.45) is 3.54. The summed E-state index contributed by atoms with van der Waals surface area (Å²) in [5.41, 5.74) is -0.468. The Hall–Kier alpha value is -0.840. The minimum Gasteiger partial charge on any atom is -0.444 e. The van der Waals surface area contributed by atoms with Crippen LogP contribution in [0.15, 0.2) is 0 Å². The summed E-state index contributed by atoms with van der Waals surface area (Å²) in [5, 5.41) is 6.04. The lowest BCUT2D eigenvalue weighted by molar-refractivity contribution is 0.0488. The highest BCUT2D eigenvalue weighted by molar-refractivity contribution is 5.68. The van der Waals surface area contributed by atoms with Gasteiger partial charge < -0.3 is 15.4 Å². The Balaban J connectivity index is 2.31. The predicted molar refractivity (Wildman–Crippen MR) is 69.4 cm³/mol. The van der Waals surface area contributed by atoms with Gasteiger partial charge in [-0.05, 0) is 46.5 Å². The summed E-state index contributed by atoms with van der Waals surface area (Å²) < 4.78 is 17.3. The van der Waals surface area contributed by atoms with Crippen molar-refractivity contribution in [2.24, 2.45) is 0 Å². The smallest absolute Gasteiger partial charge is 0.407 e. The van der Waals surface area contributed by atoms with Crippen LogP contribution in [0.4, 0.5) is 9.18 Å². The number of amides is 1. The normalized spacial score (nSPS) is 24.7. The Kier molecular flexibility index (Phi) is 5.85. The highest BCUT2D eigenvalue weighted by Gasteiger charge is 2.25. The van der Waals surface area contributed by atoms with Crippen molar-refractivity contribution in [3.05, 3.63) is 0 Å². The van der Waals surface area contributed by atoms with E-state index in [2.05, 4.69) is 10.6 Å². The molecule has 1 aliphatic carbocycles. The molecule has 0 bridgehead atoms. The topological polar surface area (TPSA) is 50.4 Å². The molecule has 2 atom stereocenters. The van der Waals surface area contributed by atoms with Crippen LogP contribution >= 0.6 is 0 Å². The first-order valence-corrected chi connectivity index (χ1v) is 6.69. The molecular weight excluding hydrogens is 235 g/mol. The summed E-state index contributed by atoms with van der Waals surface area (Å²) in [4.78, 5) is 11.6. The summed E-state index contributed by atoms with van der Waals surface area (Å²) >= 11 is 0. The van der Waals surface area contributed by atoms with Gasteiger partial charge in [0.05, 0.1) is 0 Å². The molecule has 2 unspecified atom stereocenters. The van der Waals surface area contributed by atoms with Crippen LogP contribution in [0.2, 0.25) is 0 Å². The molecule has 0 heterocycles. The molecule has 0 radical (unpaired) electrons. The maximum atomic E-state index is 12.1. The highest BCUT2D eigenvalue weighted by atomic mass is 19.1. The molecule has 1 rings (SSSR count). The van der Waals surface area contributed by atoms with E-state index in [-0.39, 0.29) is 18.8 Å². The van der Waals surface area contributed by atoms with Gasteiger partial charge in [0.1, 0.15) is 12.3 Å². The highest BCUT2D eigenvalue weighted by Crippen LogP contribution is 2.19. The Morgan fingerprint density at radius 1 is 1.33 bits per heavy atom. The number of rotatable bonds is 4. The van der Waals surface area contributed by atoms with Crippen LogP contribution in [0.5, 0.6) is 0 Å². The number of nitrogens with one attached hydrogen (secondary N) is 2. The van der Waals surface area contributed by atoms with Gasteiger partial charge in [-0.1, -0.05) is 0 Å². The molecule has 0 aromatic rings. The van der Waals surface area contributed by atoms with E-state index in [1.165, 1.54) is 0 Å². The van der Waals surface area contributed by atoms with E-state index >= 15 is 0 Å². The van der Waals surface area contributed by atoms with Crippen LogP contribution in [0.25, 0.3) is 0 Å². The first-order valence-electron chi connectivity index (χ1n) is 6.69. The number of carbonyl (C=O) groups is 1. The number of hydrogen-bond acceptors (Lipinski definition) is 3. The average Bonchev–Trinajstić information content (AvgIpc) is 2.24. The van der Waals surface area contributed by atoms with Crippen molar-refractivity contribution >= 4 is 6.09 Å². The van der Waals surface area contributed by atoms with Crippen molar-refractivity contribution in [1.82, 2.24) is 10.6 Å². The largest absolute Gasteiger partial charge is 0.444 e. The Labute approximate surface area is 109 Å². The van der Waals surface area contributed by atoms with Crippen LogP contribution in [0, 0.1) is 0 Å². The maximum Gasteiger partial charge on any atom is 0.407 e. The molecule has 1 fully saturated rings. The Morgan fingerprint density at radius 2 is 2.00 bits per heavy atom. The number of halogens is 1. The van der Waals surface area contributed by atoms with Gasteiger partial charge in [-0.15, -0.1) is 0 Å². The lowest BCUT2D eigenvalue weighted by Crippen LogP contribution is -2.46. The molecular formula is C13H25FN2O2. The van der Waals surface area contributed by atoms with Gasteiger partial charge in [-0.2, -0.15) is 0 Å². The number of alkyl halides is 1. The van der Waals surface area contributed by atoms with Crippen molar-refractivity contribution in [3.8, 4) is 0 Å².